The molecule has 0 aliphatic heterocycles. The lowest BCUT2D eigenvalue weighted by atomic mass is 9.98. The molecule has 0 N–H and O–H groups in total. The summed E-state index contributed by atoms with van der Waals surface area (Å²) in [6.07, 6.45) is 0. The zero-order valence-corrected chi connectivity index (χ0v) is 38.8. The molecule has 0 bridgehead atoms. The Balaban J connectivity index is 1.04. The van der Waals surface area contributed by atoms with Gasteiger partial charge in [0.2, 0.25) is 0 Å². The van der Waals surface area contributed by atoms with Gasteiger partial charge in [-0.2, -0.15) is 10.5 Å². The number of hydrogen-bond donors (Lipinski definition) is 0. The van der Waals surface area contributed by atoms with Crippen LogP contribution in [0.5, 0.6) is 0 Å². The minimum Gasteiger partial charge on any atom is -0.309 e. The van der Waals surface area contributed by atoms with E-state index in [0.29, 0.717) is 17.0 Å². The molecule has 0 radical (unpaired) electrons. The van der Waals surface area contributed by atoms with E-state index in [4.69, 9.17) is 9.97 Å². The zero-order valence-electron chi connectivity index (χ0n) is 38.8. The van der Waals surface area contributed by atoms with Crippen molar-refractivity contribution in [1.29, 1.82) is 10.5 Å². The molecule has 3 aromatic heterocycles. The first-order valence-electron chi connectivity index (χ1n) is 23.9. The summed E-state index contributed by atoms with van der Waals surface area (Å²) in [4.78, 5) is 10.6. The molecule has 0 aliphatic rings. The molecule has 13 rings (SSSR count). The predicted molar refractivity (Wildman–Crippen MR) is 293 cm³/mol. The first-order valence-corrected chi connectivity index (χ1v) is 23.9. The Morgan fingerprint density at radius 2 is 0.764 bits per heavy atom. The molecule has 72 heavy (non-hydrogen) atoms. The molecule has 13 aromatic rings. The van der Waals surface area contributed by atoms with Crippen molar-refractivity contribution in [3.8, 4) is 90.8 Å². The molecule has 0 amide bonds. The number of benzene rings is 10. The van der Waals surface area contributed by atoms with Gasteiger partial charge in [0, 0.05) is 49.5 Å². The summed E-state index contributed by atoms with van der Waals surface area (Å²) >= 11 is 0. The Morgan fingerprint density at radius 1 is 0.306 bits per heavy atom. The maximum atomic E-state index is 9.75. The molecule has 6 heteroatoms. The topological polar surface area (TPSA) is 83.2 Å². The van der Waals surface area contributed by atoms with E-state index >= 15 is 0 Å². The number of rotatable bonds is 8. The second kappa shape index (κ2) is 17.4. The van der Waals surface area contributed by atoms with Gasteiger partial charge >= 0.3 is 0 Å². The monoisotopic (exact) mass is 916 g/mol. The van der Waals surface area contributed by atoms with Crippen LogP contribution in [0.25, 0.3) is 122 Å². The highest BCUT2D eigenvalue weighted by atomic mass is 15.0. The van der Waals surface area contributed by atoms with Crippen molar-refractivity contribution in [1.82, 2.24) is 19.1 Å². The van der Waals surface area contributed by atoms with Crippen molar-refractivity contribution in [2.45, 2.75) is 0 Å². The van der Waals surface area contributed by atoms with Gasteiger partial charge in [-0.25, -0.2) is 9.97 Å². The lowest BCUT2D eigenvalue weighted by Gasteiger charge is -2.17. The molecule has 0 saturated heterocycles. The van der Waals surface area contributed by atoms with E-state index in [-0.39, 0.29) is 0 Å². The standard InChI is InChI=1S/C66H40N6/c67-41-43-14-11-20-47(34-43)49-28-31-64-57(37-49)54-24-7-9-26-61(54)71(64)53-23-13-22-51(36-53)56-39-52(66-69-59(45-16-3-1-4-17-45)40-60(70-66)46-18-5-2-6-19-46)30-33-63(56)72-62-27-10-8-25-55(62)58-38-50(29-32-65(58)72)48-21-12-15-44(35-48)42-68/h1-40H. The first-order chi connectivity index (χ1) is 35.6. The highest BCUT2D eigenvalue weighted by Crippen LogP contribution is 2.42. The summed E-state index contributed by atoms with van der Waals surface area (Å²) in [6, 6.07) is 88.7. The molecular formula is C66H40N6. The second-order valence-electron chi connectivity index (χ2n) is 18.0. The number of aromatic nitrogens is 4. The average molecular weight is 917 g/mol. The van der Waals surface area contributed by atoms with Crippen LogP contribution in [0.2, 0.25) is 0 Å². The van der Waals surface area contributed by atoms with E-state index in [0.717, 1.165) is 116 Å². The smallest absolute Gasteiger partial charge is 0.160 e. The van der Waals surface area contributed by atoms with E-state index in [1.54, 1.807) is 0 Å². The van der Waals surface area contributed by atoms with Gasteiger partial charge < -0.3 is 9.13 Å². The second-order valence-corrected chi connectivity index (χ2v) is 18.0. The van der Waals surface area contributed by atoms with Crippen molar-refractivity contribution < 1.29 is 0 Å². The van der Waals surface area contributed by atoms with Crippen molar-refractivity contribution in [2.24, 2.45) is 0 Å². The third-order valence-electron chi connectivity index (χ3n) is 13.8. The van der Waals surface area contributed by atoms with E-state index in [1.807, 2.05) is 72.8 Å². The molecule has 3 heterocycles. The Morgan fingerprint density at radius 3 is 1.35 bits per heavy atom. The minimum atomic E-state index is 0.629. The first kappa shape index (κ1) is 42.0. The van der Waals surface area contributed by atoms with Crippen LogP contribution >= 0.6 is 0 Å². The molecule has 0 aliphatic carbocycles. The normalized spacial score (nSPS) is 11.3. The number of fused-ring (bicyclic) bond motifs is 6. The molecule has 334 valence electrons. The van der Waals surface area contributed by atoms with Gasteiger partial charge in [-0.1, -0.05) is 146 Å². The van der Waals surface area contributed by atoms with Crippen LogP contribution in [0, 0.1) is 22.7 Å². The van der Waals surface area contributed by atoms with Gasteiger partial charge in [0.05, 0.1) is 62.4 Å². The number of para-hydroxylation sites is 2. The highest BCUT2D eigenvalue weighted by molar-refractivity contribution is 6.12. The Hall–Kier alpha value is -10.1. The fourth-order valence-electron chi connectivity index (χ4n) is 10.4. The van der Waals surface area contributed by atoms with Crippen LogP contribution in [-0.4, -0.2) is 19.1 Å². The third kappa shape index (κ3) is 7.27. The molecule has 0 fully saturated rings. The predicted octanol–water partition coefficient (Wildman–Crippen LogP) is 16.4. The Labute approximate surface area is 415 Å². The van der Waals surface area contributed by atoms with Gasteiger partial charge in [0.15, 0.2) is 5.82 Å². The summed E-state index contributed by atoms with van der Waals surface area (Å²) in [7, 11) is 0. The van der Waals surface area contributed by atoms with E-state index in [9.17, 15) is 10.5 Å². The molecule has 6 nitrogen and oxygen atoms in total. The van der Waals surface area contributed by atoms with Gasteiger partial charge in [-0.05, 0) is 125 Å². The van der Waals surface area contributed by atoms with Crippen molar-refractivity contribution >= 4 is 43.6 Å². The number of nitriles is 2. The highest BCUT2D eigenvalue weighted by Gasteiger charge is 2.21. The lowest BCUT2D eigenvalue weighted by Crippen LogP contribution is -2.01. The van der Waals surface area contributed by atoms with Crippen LogP contribution in [0.3, 0.4) is 0 Å². The molecule has 0 saturated carbocycles. The molecule has 0 spiro atoms. The van der Waals surface area contributed by atoms with Gasteiger partial charge in [-0.15, -0.1) is 0 Å². The van der Waals surface area contributed by atoms with Crippen LogP contribution in [0.4, 0.5) is 0 Å². The summed E-state index contributed by atoms with van der Waals surface area (Å²) in [5.74, 6) is 0.629. The van der Waals surface area contributed by atoms with E-state index in [2.05, 4.69) is 191 Å². The quantitative estimate of drug-likeness (QED) is 0.152. The number of nitrogens with zero attached hydrogens (tertiary/aromatic N) is 6. The van der Waals surface area contributed by atoms with Crippen LogP contribution in [0.15, 0.2) is 243 Å². The summed E-state index contributed by atoms with van der Waals surface area (Å²) in [5.41, 5.74) is 18.4. The largest absolute Gasteiger partial charge is 0.309 e. The average Bonchev–Trinajstić information content (AvgIpc) is 3.97. The van der Waals surface area contributed by atoms with E-state index in [1.165, 1.54) is 0 Å². The zero-order chi connectivity index (χ0) is 48.1. The van der Waals surface area contributed by atoms with Gasteiger partial charge in [0.25, 0.3) is 0 Å². The Kier molecular flexibility index (Phi) is 10.2. The molecule has 0 atom stereocenters. The van der Waals surface area contributed by atoms with Crippen molar-refractivity contribution in [3.05, 3.63) is 254 Å². The van der Waals surface area contributed by atoms with Crippen molar-refractivity contribution in [3.63, 3.8) is 0 Å². The van der Waals surface area contributed by atoms with Gasteiger partial charge in [-0.3, -0.25) is 0 Å². The lowest BCUT2D eigenvalue weighted by molar-refractivity contribution is 1.16. The van der Waals surface area contributed by atoms with Crippen molar-refractivity contribution in [2.75, 3.05) is 0 Å². The van der Waals surface area contributed by atoms with E-state index < -0.39 is 0 Å². The maximum absolute atomic E-state index is 9.75. The summed E-state index contributed by atoms with van der Waals surface area (Å²) in [5, 5.41) is 24.0. The molecule has 0 unspecified atom stereocenters. The number of hydrogen-bond acceptors (Lipinski definition) is 4. The minimum absolute atomic E-state index is 0.629. The van der Waals surface area contributed by atoms with Crippen LogP contribution in [0.1, 0.15) is 11.1 Å². The molecule has 10 aromatic carbocycles. The third-order valence-corrected chi connectivity index (χ3v) is 13.8. The van der Waals surface area contributed by atoms with Gasteiger partial charge in [0.1, 0.15) is 0 Å². The van der Waals surface area contributed by atoms with Crippen LogP contribution in [-0.2, 0) is 0 Å². The summed E-state index contributed by atoms with van der Waals surface area (Å²) in [6.45, 7) is 0. The maximum Gasteiger partial charge on any atom is 0.160 e. The molecular weight excluding hydrogens is 877 g/mol. The fraction of sp³-hybridized carbons (Fsp3) is 0. The van der Waals surface area contributed by atoms with Crippen LogP contribution < -0.4 is 0 Å². The summed E-state index contributed by atoms with van der Waals surface area (Å²) < 4.78 is 4.74. The Bertz CT molecular complexity index is 4300. The fourth-order valence-corrected chi connectivity index (χ4v) is 10.4. The SMILES string of the molecule is N#Cc1cccc(-c2ccc3c(c2)c2ccccc2n3-c2cccc(-c3cc(-c4nc(-c5ccccc5)cc(-c5ccccc5)n4)ccc3-n3c4ccccc4c4cc(-c5cccc(C#N)c5)ccc43)c2)c1.